The smallest absolute Gasteiger partial charge is 0.175 e. The highest BCUT2D eigenvalue weighted by atomic mass is 32.2. The van der Waals surface area contributed by atoms with Crippen molar-refractivity contribution in [2.45, 2.75) is 50.2 Å². The summed E-state index contributed by atoms with van der Waals surface area (Å²) >= 11 is 0. The van der Waals surface area contributed by atoms with Gasteiger partial charge in [-0.05, 0) is 38.0 Å². The van der Waals surface area contributed by atoms with Crippen LogP contribution < -0.4 is 5.32 Å². The SMILES string of the molecule is CCCC(C)(O)CNC(C)c1ccc(S(C)(=O)=O)cc1. The lowest BCUT2D eigenvalue weighted by atomic mass is 9.99. The van der Waals surface area contributed by atoms with E-state index in [0.29, 0.717) is 11.4 Å². The first-order valence-corrected chi connectivity index (χ1v) is 8.80. The molecule has 0 saturated carbocycles. The second-order valence-electron chi connectivity index (χ2n) is 5.69. The Morgan fingerprint density at radius 2 is 1.85 bits per heavy atom. The van der Waals surface area contributed by atoms with E-state index in [1.807, 2.05) is 32.9 Å². The maximum atomic E-state index is 11.4. The molecule has 114 valence electrons. The molecule has 0 spiro atoms. The summed E-state index contributed by atoms with van der Waals surface area (Å²) in [5.41, 5.74) is 0.292. The van der Waals surface area contributed by atoms with Gasteiger partial charge in [0.25, 0.3) is 0 Å². The zero-order chi connectivity index (χ0) is 15.4. The maximum Gasteiger partial charge on any atom is 0.175 e. The van der Waals surface area contributed by atoms with Crippen LogP contribution in [0.1, 0.15) is 45.2 Å². The molecule has 0 bridgehead atoms. The predicted molar refractivity (Wildman–Crippen MR) is 81.5 cm³/mol. The Labute approximate surface area is 122 Å². The first-order chi connectivity index (χ1) is 9.15. The topological polar surface area (TPSA) is 66.4 Å². The molecule has 1 rings (SSSR count). The van der Waals surface area contributed by atoms with E-state index in [-0.39, 0.29) is 6.04 Å². The average Bonchev–Trinajstić information content (AvgIpc) is 2.35. The number of nitrogens with one attached hydrogen (secondary N) is 1. The Morgan fingerprint density at radius 3 is 2.30 bits per heavy atom. The summed E-state index contributed by atoms with van der Waals surface area (Å²) in [5.74, 6) is 0. The summed E-state index contributed by atoms with van der Waals surface area (Å²) in [7, 11) is -3.15. The third kappa shape index (κ3) is 5.23. The molecule has 0 amide bonds. The molecular formula is C15H25NO3S. The Hall–Kier alpha value is -0.910. The minimum absolute atomic E-state index is 0.0620. The average molecular weight is 299 g/mol. The minimum Gasteiger partial charge on any atom is -0.389 e. The molecule has 5 heteroatoms. The van der Waals surface area contributed by atoms with Crippen LogP contribution in [0.4, 0.5) is 0 Å². The molecule has 0 aliphatic carbocycles. The molecule has 1 aromatic rings. The molecule has 0 aliphatic rings. The van der Waals surface area contributed by atoms with Crippen LogP contribution in [0.15, 0.2) is 29.2 Å². The van der Waals surface area contributed by atoms with Crippen molar-refractivity contribution >= 4 is 9.84 Å². The van der Waals surface area contributed by atoms with Crippen molar-refractivity contribution < 1.29 is 13.5 Å². The fraction of sp³-hybridized carbons (Fsp3) is 0.600. The largest absolute Gasteiger partial charge is 0.389 e. The van der Waals surface area contributed by atoms with Crippen LogP contribution in [0.25, 0.3) is 0 Å². The fourth-order valence-electron chi connectivity index (χ4n) is 2.12. The van der Waals surface area contributed by atoms with E-state index in [2.05, 4.69) is 5.32 Å². The van der Waals surface area contributed by atoms with Crippen LogP contribution in [0.2, 0.25) is 0 Å². The van der Waals surface area contributed by atoms with Crippen LogP contribution in [0.5, 0.6) is 0 Å². The highest BCUT2D eigenvalue weighted by Gasteiger charge is 2.20. The van der Waals surface area contributed by atoms with Gasteiger partial charge < -0.3 is 10.4 Å². The van der Waals surface area contributed by atoms with E-state index in [4.69, 9.17) is 0 Å². The predicted octanol–water partition coefficient (Wildman–Crippen LogP) is 2.29. The second kappa shape index (κ2) is 6.70. The normalized spacial score (nSPS) is 16.6. The van der Waals surface area contributed by atoms with Gasteiger partial charge in [-0.2, -0.15) is 0 Å². The van der Waals surface area contributed by atoms with E-state index < -0.39 is 15.4 Å². The first-order valence-electron chi connectivity index (χ1n) is 6.91. The first kappa shape index (κ1) is 17.1. The summed E-state index contributed by atoms with van der Waals surface area (Å²) in [4.78, 5) is 0.325. The maximum absolute atomic E-state index is 11.4. The molecular weight excluding hydrogens is 274 g/mol. The molecule has 2 atom stereocenters. The van der Waals surface area contributed by atoms with E-state index in [9.17, 15) is 13.5 Å². The van der Waals surface area contributed by atoms with Crippen molar-refractivity contribution in [2.75, 3.05) is 12.8 Å². The lowest BCUT2D eigenvalue weighted by Gasteiger charge is -2.25. The van der Waals surface area contributed by atoms with E-state index in [1.54, 1.807) is 12.1 Å². The molecule has 0 fully saturated rings. The van der Waals surface area contributed by atoms with Gasteiger partial charge in [0.1, 0.15) is 0 Å². The Kier molecular flexibility index (Phi) is 5.74. The van der Waals surface area contributed by atoms with Gasteiger partial charge >= 0.3 is 0 Å². The van der Waals surface area contributed by atoms with Crippen molar-refractivity contribution in [3.8, 4) is 0 Å². The summed E-state index contributed by atoms with van der Waals surface area (Å²) in [6.45, 7) is 6.37. The Balaban J connectivity index is 2.67. The van der Waals surface area contributed by atoms with Crippen LogP contribution in [-0.4, -0.2) is 31.9 Å². The van der Waals surface area contributed by atoms with E-state index in [1.165, 1.54) is 6.26 Å². The number of rotatable bonds is 7. The van der Waals surface area contributed by atoms with Gasteiger partial charge in [-0.15, -0.1) is 0 Å². The lowest BCUT2D eigenvalue weighted by molar-refractivity contribution is 0.0477. The van der Waals surface area contributed by atoms with Gasteiger partial charge in [-0.3, -0.25) is 0 Å². The van der Waals surface area contributed by atoms with Gasteiger partial charge in [-0.25, -0.2) is 8.42 Å². The lowest BCUT2D eigenvalue weighted by Crippen LogP contribution is -2.38. The van der Waals surface area contributed by atoms with E-state index in [0.717, 1.165) is 18.4 Å². The molecule has 0 saturated heterocycles. The highest BCUT2D eigenvalue weighted by molar-refractivity contribution is 7.90. The second-order valence-corrected chi connectivity index (χ2v) is 7.71. The zero-order valence-electron chi connectivity index (χ0n) is 12.7. The number of hydrogen-bond donors (Lipinski definition) is 2. The molecule has 2 unspecified atom stereocenters. The van der Waals surface area contributed by atoms with Crippen molar-refractivity contribution in [1.29, 1.82) is 0 Å². The van der Waals surface area contributed by atoms with Crippen molar-refractivity contribution in [1.82, 2.24) is 5.32 Å². The van der Waals surface area contributed by atoms with Crippen LogP contribution in [0.3, 0.4) is 0 Å². The van der Waals surface area contributed by atoms with Crippen molar-refractivity contribution in [3.05, 3.63) is 29.8 Å². The fourth-order valence-corrected chi connectivity index (χ4v) is 2.75. The molecule has 20 heavy (non-hydrogen) atoms. The third-order valence-corrected chi connectivity index (χ3v) is 4.51. The Bertz CT molecular complexity index is 521. The van der Waals surface area contributed by atoms with Gasteiger partial charge in [-0.1, -0.05) is 25.5 Å². The summed E-state index contributed by atoms with van der Waals surface area (Å²) < 4.78 is 22.8. The van der Waals surface area contributed by atoms with Crippen LogP contribution in [-0.2, 0) is 9.84 Å². The van der Waals surface area contributed by atoms with E-state index >= 15 is 0 Å². The zero-order valence-corrected chi connectivity index (χ0v) is 13.5. The molecule has 2 N–H and O–H groups in total. The van der Waals surface area contributed by atoms with Gasteiger partial charge in [0, 0.05) is 18.8 Å². The van der Waals surface area contributed by atoms with Crippen molar-refractivity contribution in [2.24, 2.45) is 0 Å². The molecule has 0 heterocycles. The Morgan fingerprint density at radius 1 is 1.30 bits per heavy atom. The van der Waals surface area contributed by atoms with Gasteiger partial charge in [0.05, 0.1) is 10.5 Å². The molecule has 4 nitrogen and oxygen atoms in total. The third-order valence-electron chi connectivity index (χ3n) is 3.39. The van der Waals surface area contributed by atoms with Gasteiger partial charge in [0.15, 0.2) is 9.84 Å². The number of benzene rings is 1. The van der Waals surface area contributed by atoms with Crippen molar-refractivity contribution in [3.63, 3.8) is 0 Å². The van der Waals surface area contributed by atoms with Crippen LogP contribution in [0, 0.1) is 0 Å². The monoisotopic (exact) mass is 299 g/mol. The summed E-state index contributed by atoms with van der Waals surface area (Å²) in [6, 6.07) is 6.91. The number of sulfone groups is 1. The number of aliphatic hydroxyl groups is 1. The quantitative estimate of drug-likeness (QED) is 0.810. The summed E-state index contributed by atoms with van der Waals surface area (Å²) in [6.07, 6.45) is 2.89. The van der Waals surface area contributed by atoms with Gasteiger partial charge in [0.2, 0.25) is 0 Å². The molecule has 0 aliphatic heterocycles. The number of hydrogen-bond acceptors (Lipinski definition) is 4. The summed E-state index contributed by atoms with van der Waals surface area (Å²) in [5, 5.41) is 13.4. The highest BCUT2D eigenvalue weighted by Crippen LogP contribution is 2.18. The molecule has 0 radical (unpaired) electrons. The standard InChI is InChI=1S/C15H25NO3S/c1-5-10-15(3,17)11-16-12(2)13-6-8-14(9-7-13)20(4,18)19/h6-9,12,16-17H,5,10-11H2,1-4H3. The molecule has 1 aromatic carbocycles. The minimum atomic E-state index is -3.15. The van der Waals surface area contributed by atoms with Crippen LogP contribution >= 0.6 is 0 Å². The molecule has 0 aromatic heterocycles.